The molecular weight excluding hydrogens is 390 g/mol. The Kier molecular flexibility index (Phi) is 7.84. The number of para-hydroxylation sites is 1. The number of aryl methyl sites for hydroxylation is 1. The van der Waals surface area contributed by atoms with Crippen LogP contribution in [0.15, 0.2) is 54.6 Å². The Morgan fingerprint density at radius 3 is 2.71 bits per heavy atom. The minimum absolute atomic E-state index is 0.0404. The molecule has 0 aliphatic carbocycles. The number of nitrogens with zero attached hydrogens (tertiary/aromatic N) is 2. The molecule has 0 bridgehead atoms. The van der Waals surface area contributed by atoms with Crippen molar-refractivity contribution < 1.29 is 14.3 Å². The number of carbonyl (C=O) groups excluding carboxylic acids is 2. The van der Waals surface area contributed by atoms with Crippen LogP contribution in [0, 0.1) is 6.92 Å². The van der Waals surface area contributed by atoms with Gasteiger partial charge in [0.1, 0.15) is 5.75 Å². The van der Waals surface area contributed by atoms with Crippen LogP contribution in [-0.2, 0) is 16.1 Å². The largest absolute Gasteiger partial charge is 0.496 e. The summed E-state index contributed by atoms with van der Waals surface area (Å²) in [6, 6.07) is 15.5. The molecule has 0 spiro atoms. The first kappa shape index (κ1) is 22.6. The highest BCUT2D eigenvalue weighted by Crippen LogP contribution is 2.19. The molecule has 0 radical (unpaired) electrons. The van der Waals surface area contributed by atoms with E-state index in [0.29, 0.717) is 26.2 Å². The molecule has 1 N–H and O–H groups in total. The molecule has 31 heavy (non-hydrogen) atoms. The van der Waals surface area contributed by atoms with Gasteiger partial charge in [-0.3, -0.25) is 14.5 Å². The molecular formula is C25H31N3O3. The molecule has 164 valence electrons. The summed E-state index contributed by atoms with van der Waals surface area (Å²) in [4.78, 5) is 29.1. The summed E-state index contributed by atoms with van der Waals surface area (Å²) in [5.74, 6) is 0.676. The maximum Gasteiger partial charge on any atom is 0.237 e. The zero-order valence-electron chi connectivity index (χ0n) is 18.5. The van der Waals surface area contributed by atoms with Crippen molar-refractivity contribution in [1.82, 2.24) is 15.1 Å². The fourth-order valence-corrected chi connectivity index (χ4v) is 3.70. The number of methoxy groups -OCH3 is 1. The van der Waals surface area contributed by atoms with E-state index in [1.165, 1.54) is 5.56 Å². The van der Waals surface area contributed by atoms with Crippen molar-refractivity contribution in [3.8, 4) is 5.75 Å². The molecule has 2 aromatic rings. The van der Waals surface area contributed by atoms with Crippen LogP contribution >= 0.6 is 0 Å². The van der Waals surface area contributed by atoms with Gasteiger partial charge in [-0.05, 0) is 18.6 Å². The van der Waals surface area contributed by atoms with Gasteiger partial charge in [-0.25, -0.2) is 0 Å². The van der Waals surface area contributed by atoms with Crippen LogP contribution in [-0.4, -0.2) is 61.4 Å². The molecule has 1 aliphatic rings. The Morgan fingerprint density at radius 2 is 1.97 bits per heavy atom. The number of rotatable bonds is 8. The van der Waals surface area contributed by atoms with E-state index < -0.39 is 6.04 Å². The zero-order chi connectivity index (χ0) is 22.2. The summed E-state index contributed by atoms with van der Waals surface area (Å²) in [6.07, 6.45) is 4.17. The van der Waals surface area contributed by atoms with Crippen LogP contribution in [0.1, 0.15) is 23.1 Å². The Hall–Kier alpha value is -3.12. The summed E-state index contributed by atoms with van der Waals surface area (Å²) in [5, 5.41) is 2.89. The Balaban J connectivity index is 1.61. The number of hydrogen-bond donors (Lipinski definition) is 1. The lowest BCUT2D eigenvalue weighted by atomic mass is 10.1. The second kappa shape index (κ2) is 10.8. The molecule has 1 fully saturated rings. The predicted octanol–water partition coefficient (Wildman–Crippen LogP) is 2.87. The van der Waals surface area contributed by atoms with Crippen LogP contribution in [0.2, 0.25) is 0 Å². The van der Waals surface area contributed by atoms with Gasteiger partial charge in [0.05, 0.1) is 19.6 Å². The molecule has 0 saturated carbocycles. The quantitative estimate of drug-likeness (QED) is 0.712. The van der Waals surface area contributed by atoms with E-state index in [4.69, 9.17) is 4.74 Å². The second-order valence-corrected chi connectivity index (χ2v) is 7.89. The summed E-state index contributed by atoms with van der Waals surface area (Å²) in [5.41, 5.74) is 3.25. The maximum absolute atomic E-state index is 12.8. The van der Waals surface area contributed by atoms with Crippen LogP contribution < -0.4 is 10.1 Å². The fraction of sp³-hybridized carbons (Fsp3) is 0.360. The number of nitrogens with one attached hydrogen (secondary N) is 1. The molecule has 2 aromatic carbocycles. The smallest absolute Gasteiger partial charge is 0.237 e. The first-order chi connectivity index (χ1) is 15.0. The van der Waals surface area contributed by atoms with Crippen molar-refractivity contribution in [2.45, 2.75) is 25.9 Å². The van der Waals surface area contributed by atoms with Crippen molar-refractivity contribution in [1.29, 1.82) is 0 Å². The lowest BCUT2D eigenvalue weighted by molar-refractivity contribution is -0.138. The van der Waals surface area contributed by atoms with Gasteiger partial charge in [-0.1, -0.05) is 60.2 Å². The van der Waals surface area contributed by atoms with Crippen LogP contribution in [0.4, 0.5) is 0 Å². The minimum atomic E-state index is -0.468. The van der Waals surface area contributed by atoms with Crippen LogP contribution in [0.3, 0.4) is 0 Å². The number of piperazine rings is 1. The van der Waals surface area contributed by atoms with Gasteiger partial charge in [0.25, 0.3) is 0 Å². The number of benzene rings is 2. The van der Waals surface area contributed by atoms with Crippen molar-refractivity contribution in [2.24, 2.45) is 0 Å². The maximum atomic E-state index is 12.8. The number of amides is 2. The van der Waals surface area contributed by atoms with Gasteiger partial charge < -0.3 is 15.0 Å². The summed E-state index contributed by atoms with van der Waals surface area (Å²) < 4.78 is 5.38. The molecule has 0 aromatic heterocycles. The third-order valence-corrected chi connectivity index (χ3v) is 5.55. The van der Waals surface area contributed by atoms with Gasteiger partial charge in [0.15, 0.2) is 0 Å². The average molecular weight is 422 g/mol. The standard InChI is InChI=1S/C25H31N3O3/c1-19-10-12-20(13-11-19)18-27(2)24(29)17-22-25(30)26-14-16-28(22)15-6-8-21-7-4-5-9-23(21)31-3/h4-13,22H,14-18H2,1-3H3,(H,26,30)/b8-6+. The normalized spacial score (nSPS) is 16.9. The Morgan fingerprint density at radius 1 is 1.23 bits per heavy atom. The van der Waals surface area contributed by atoms with Crippen molar-refractivity contribution in [3.63, 3.8) is 0 Å². The van der Waals surface area contributed by atoms with E-state index in [-0.39, 0.29) is 18.2 Å². The lowest BCUT2D eigenvalue weighted by Crippen LogP contribution is -2.56. The highest BCUT2D eigenvalue weighted by molar-refractivity contribution is 5.88. The first-order valence-corrected chi connectivity index (χ1v) is 10.6. The fourth-order valence-electron chi connectivity index (χ4n) is 3.70. The van der Waals surface area contributed by atoms with E-state index in [1.807, 2.05) is 67.6 Å². The van der Waals surface area contributed by atoms with Crippen molar-refractivity contribution in [2.75, 3.05) is 33.8 Å². The third kappa shape index (κ3) is 6.18. The summed E-state index contributed by atoms with van der Waals surface area (Å²) >= 11 is 0. The highest BCUT2D eigenvalue weighted by Gasteiger charge is 2.31. The summed E-state index contributed by atoms with van der Waals surface area (Å²) in [7, 11) is 3.44. The topological polar surface area (TPSA) is 61.9 Å². The molecule has 6 nitrogen and oxygen atoms in total. The molecule has 1 saturated heterocycles. The van der Waals surface area contributed by atoms with Gasteiger partial charge >= 0.3 is 0 Å². The van der Waals surface area contributed by atoms with Gasteiger partial charge in [-0.15, -0.1) is 0 Å². The van der Waals surface area contributed by atoms with Gasteiger partial charge in [-0.2, -0.15) is 0 Å². The second-order valence-electron chi connectivity index (χ2n) is 7.89. The molecule has 2 amide bonds. The van der Waals surface area contributed by atoms with Gasteiger partial charge in [0, 0.05) is 38.8 Å². The van der Waals surface area contributed by atoms with E-state index in [9.17, 15) is 9.59 Å². The molecule has 1 heterocycles. The van der Waals surface area contributed by atoms with E-state index in [0.717, 1.165) is 16.9 Å². The number of carbonyl (C=O) groups is 2. The SMILES string of the molecule is COc1ccccc1/C=C/CN1CCNC(=O)C1CC(=O)N(C)Cc1ccc(C)cc1. The monoisotopic (exact) mass is 421 g/mol. The van der Waals surface area contributed by atoms with Crippen molar-refractivity contribution in [3.05, 3.63) is 71.3 Å². The third-order valence-electron chi connectivity index (χ3n) is 5.55. The van der Waals surface area contributed by atoms with Crippen molar-refractivity contribution >= 4 is 17.9 Å². The zero-order valence-corrected chi connectivity index (χ0v) is 18.5. The van der Waals surface area contributed by atoms with Crippen LogP contribution in [0.25, 0.3) is 6.08 Å². The minimum Gasteiger partial charge on any atom is -0.496 e. The average Bonchev–Trinajstić information content (AvgIpc) is 2.77. The lowest BCUT2D eigenvalue weighted by Gasteiger charge is -2.34. The van der Waals surface area contributed by atoms with Crippen LogP contribution in [0.5, 0.6) is 5.75 Å². The Labute approximate surface area is 184 Å². The molecule has 3 rings (SSSR count). The number of ether oxygens (including phenoxy) is 1. The molecule has 1 atom stereocenters. The first-order valence-electron chi connectivity index (χ1n) is 10.6. The molecule has 1 aliphatic heterocycles. The predicted molar refractivity (Wildman–Crippen MR) is 123 cm³/mol. The Bertz CT molecular complexity index is 924. The highest BCUT2D eigenvalue weighted by atomic mass is 16.5. The molecule has 6 heteroatoms. The van der Waals surface area contributed by atoms with E-state index in [1.54, 1.807) is 19.1 Å². The summed E-state index contributed by atoms with van der Waals surface area (Å²) in [6.45, 7) is 4.45. The van der Waals surface area contributed by atoms with E-state index >= 15 is 0 Å². The van der Waals surface area contributed by atoms with E-state index in [2.05, 4.69) is 10.2 Å². The van der Waals surface area contributed by atoms with Gasteiger partial charge in [0.2, 0.25) is 11.8 Å². The molecule has 1 unspecified atom stereocenters. The number of hydrogen-bond acceptors (Lipinski definition) is 4.